The largest absolute Gasteiger partial charge is 0.497 e. The highest BCUT2D eigenvalue weighted by atomic mass is 16.5. The first-order chi connectivity index (χ1) is 14.2. The smallest absolute Gasteiger partial charge is 0.225 e. The van der Waals surface area contributed by atoms with E-state index in [0.717, 1.165) is 69.8 Å². The first-order valence-corrected chi connectivity index (χ1v) is 10.4. The lowest BCUT2D eigenvalue weighted by Crippen LogP contribution is -2.37. The minimum atomic E-state index is 0.497. The molecule has 1 aromatic heterocycles. The number of hydrogen-bond donors (Lipinski definition) is 0. The van der Waals surface area contributed by atoms with Crippen LogP contribution in [-0.4, -0.2) is 68.5 Å². The molecule has 0 spiro atoms. The molecular formula is C22H28N4O3. The Morgan fingerprint density at radius 1 is 1.14 bits per heavy atom. The first-order valence-electron chi connectivity index (χ1n) is 10.4. The zero-order chi connectivity index (χ0) is 19.8. The summed E-state index contributed by atoms with van der Waals surface area (Å²) in [7, 11) is 3.40. The molecule has 2 aromatic rings. The third-order valence-corrected chi connectivity index (χ3v) is 6.42. The van der Waals surface area contributed by atoms with Crippen LogP contribution in [0.15, 0.2) is 24.4 Å². The van der Waals surface area contributed by atoms with Gasteiger partial charge in [-0.15, -0.1) is 0 Å². The summed E-state index contributed by atoms with van der Waals surface area (Å²) in [6.45, 7) is 6.26. The second-order valence-corrected chi connectivity index (χ2v) is 8.12. The third kappa shape index (κ3) is 3.53. The molecule has 1 aliphatic carbocycles. The monoisotopic (exact) mass is 396 g/mol. The van der Waals surface area contributed by atoms with Crippen molar-refractivity contribution in [1.82, 2.24) is 14.9 Å². The molecule has 0 unspecified atom stereocenters. The van der Waals surface area contributed by atoms with Crippen LogP contribution in [0.5, 0.6) is 11.5 Å². The highest BCUT2D eigenvalue weighted by Gasteiger charge is 2.41. The zero-order valence-corrected chi connectivity index (χ0v) is 17.1. The predicted molar refractivity (Wildman–Crippen MR) is 110 cm³/mol. The molecule has 0 bridgehead atoms. The van der Waals surface area contributed by atoms with Gasteiger partial charge in [-0.2, -0.15) is 0 Å². The highest BCUT2D eigenvalue weighted by Crippen LogP contribution is 2.43. The Morgan fingerprint density at radius 2 is 2.00 bits per heavy atom. The minimum absolute atomic E-state index is 0.497. The lowest BCUT2D eigenvalue weighted by atomic mass is 9.99. The van der Waals surface area contributed by atoms with Crippen LogP contribution >= 0.6 is 0 Å². The van der Waals surface area contributed by atoms with Crippen LogP contribution < -0.4 is 14.4 Å². The van der Waals surface area contributed by atoms with Gasteiger partial charge in [0.05, 0.1) is 33.1 Å². The molecule has 0 N–H and O–H groups in total. The Kier molecular flexibility index (Phi) is 5.01. The normalized spacial score (nSPS) is 23.7. The van der Waals surface area contributed by atoms with Gasteiger partial charge < -0.3 is 19.1 Å². The van der Waals surface area contributed by atoms with Gasteiger partial charge in [-0.3, -0.25) is 4.90 Å². The van der Waals surface area contributed by atoms with Crippen molar-refractivity contribution in [2.24, 2.45) is 5.92 Å². The van der Waals surface area contributed by atoms with Gasteiger partial charge in [0.1, 0.15) is 11.5 Å². The number of aromatic nitrogens is 2. The van der Waals surface area contributed by atoms with Crippen LogP contribution in [0, 0.1) is 5.92 Å². The fourth-order valence-electron chi connectivity index (χ4n) is 4.92. The van der Waals surface area contributed by atoms with E-state index in [-0.39, 0.29) is 0 Å². The molecule has 2 saturated heterocycles. The van der Waals surface area contributed by atoms with Crippen molar-refractivity contribution < 1.29 is 14.2 Å². The van der Waals surface area contributed by atoms with Gasteiger partial charge in [-0.1, -0.05) is 6.07 Å². The van der Waals surface area contributed by atoms with Crippen LogP contribution in [0.3, 0.4) is 0 Å². The van der Waals surface area contributed by atoms with Gasteiger partial charge in [0, 0.05) is 56.5 Å². The molecule has 29 heavy (non-hydrogen) atoms. The molecule has 3 aliphatic rings. The molecule has 0 amide bonds. The van der Waals surface area contributed by atoms with Gasteiger partial charge in [-0.25, -0.2) is 9.97 Å². The van der Waals surface area contributed by atoms with E-state index in [4.69, 9.17) is 19.2 Å². The van der Waals surface area contributed by atoms with Gasteiger partial charge in [-0.05, 0) is 24.0 Å². The SMILES string of the molecule is COc1ccc(CN2C[C@H]3Cc4cnc(N5CCOCC5)nc4[C@H]3C2)c(OC)c1. The van der Waals surface area contributed by atoms with Crippen molar-refractivity contribution in [2.75, 3.05) is 58.5 Å². The molecule has 0 saturated carbocycles. The summed E-state index contributed by atoms with van der Waals surface area (Å²) < 4.78 is 16.4. The summed E-state index contributed by atoms with van der Waals surface area (Å²) in [5, 5.41) is 0. The molecule has 7 nitrogen and oxygen atoms in total. The van der Waals surface area contributed by atoms with E-state index in [1.165, 1.54) is 16.8 Å². The van der Waals surface area contributed by atoms with E-state index < -0.39 is 0 Å². The summed E-state index contributed by atoms with van der Waals surface area (Å²) in [6.07, 6.45) is 3.14. The Balaban J connectivity index is 1.31. The van der Waals surface area contributed by atoms with E-state index in [1.807, 2.05) is 12.1 Å². The molecule has 7 heteroatoms. The second kappa shape index (κ2) is 7.80. The van der Waals surface area contributed by atoms with E-state index in [2.05, 4.69) is 27.0 Å². The molecule has 5 rings (SSSR count). The summed E-state index contributed by atoms with van der Waals surface area (Å²) >= 11 is 0. The number of rotatable bonds is 5. The number of fused-ring (bicyclic) bond motifs is 3. The summed E-state index contributed by atoms with van der Waals surface area (Å²) in [5.41, 5.74) is 3.79. The van der Waals surface area contributed by atoms with Crippen LogP contribution in [0.25, 0.3) is 0 Å². The van der Waals surface area contributed by atoms with Crippen molar-refractivity contribution in [3.8, 4) is 11.5 Å². The Labute approximate surface area is 171 Å². The van der Waals surface area contributed by atoms with E-state index in [9.17, 15) is 0 Å². The molecule has 3 heterocycles. The fraction of sp³-hybridized carbons (Fsp3) is 0.545. The van der Waals surface area contributed by atoms with Gasteiger partial charge >= 0.3 is 0 Å². The highest BCUT2D eigenvalue weighted by molar-refractivity contribution is 5.42. The zero-order valence-electron chi connectivity index (χ0n) is 17.1. The predicted octanol–water partition coefficient (Wildman–Crippen LogP) is 2.10. The number of morpholine rings is 1. The van der Waals surface area contributed by atoms with E-state index in [0.29, 0.717) is 11.8 Å². The molecule has 1 aromatic carbocycles. The second-order valence-electron chi connectivity index (χ2n) is 8.12. The van der Waals surface area contributed by atoms with Crippen molar-refractivity contribution in [3.63, 3.8) is 0 Å². The van der Waals surface area contributed by atoms with Crippen LogP contribution in [0.2, 0.25) is 0 Å². The Bertz CT molecular complexity index is 884. The maximum absolute atomic E-state index is 5.59. The number of hydrogen-bond acceptors (Lipinski definition) is 7. The molecule has 2 aliphatic heterocycles. The molecule has 2 atom stereocenters. The van der Waals surface area contributed by atoms with Crippen LogP contribution in [-0.2, 0) is 17.7 Å². The number of likely N-dealkylation sites (tertiary alicyclic amines) is 1. The van der Waals surface area contributed by atoms with Crippen molar-refractivity contribution in [3.05, 3.63) is 41.2 Å². The van der Waals surface area contributed by atoms with Crippen molar-refractivity contribution in [2.45, 2.75) is 18.9 Å². The van der Waals surface area contributed by atoms with E-state index >= 15 is 0 Å². The lowest BCUT2D eigenvalue weighted by Gasteiger charge is -2.27. The quantitative estimate of drug-likeness (QED) is 0.767. The fourth-order valence-corrected chi connectivity index (χ4v) is 4.92. The maximum atomic E-state index is 5.59. The third-order valence-electron chi connectivity index (χ3n) is 6.42. The lowest BCUT2D eigenvalue weighted by molar-refractivity contribution is 0.122. The van der Waals surface area contributed by atoms with Crippen molar-refractivity contribution in [1.29, 1.82) is 0 Å². The molecule has 2 fully saturated rings. The first kappa shape index (κ1) is 18.6. The number of benzene rings is 1. The summed E-state index contributed by atoms with van der Waals surface area (Å²) in [6, 6.07) is 6.08. The van der Waals surface area contributed by atoms with Crippen LogP contribution in [0.1, 0.15) is 22.7 Å². The maximum Gasteiger partial charge on any atom is 0.225 e. The number of ether oxygens (including phenoxy) is 3. The summed E-state index contributed by atoms with van der Waals surface area (Å²) in [4.78, 5) is 14.4. The van der Waals surface area contributed by atoms with Crippen LogP contribution in [0.4, 0.5) is 5.95 Å². The number of anilines is 1. The molecule has 0 radical (unpaired) electrons. The van der Waals surface area contributed by atoms with Gasteiger partial charge in [0.15, 0.2) is 0 Å². The minimum Gasteiger partial charge on any atom is -0.497 e. The number of nitrogens with zero attached hydrogens (tertiary/aromatic N) is 4. The van der Waals surface area contributed by atoms with Gasteiger partial charge in [0.25, 0.3) is 0 Å². The average Bonchev–Trinajstić information content (AvgIpc) is 3.31. The van der Waals surface area contributed by atoms with Gasteiger partial charge in [0.2, 0.25) is 5.95 Å². The average molecular weight is 396 g/mol. The standard InChI is InChI=1S/C22H28N4O3/c1-27-18-4-3-15(20(10-18)28-2)12-25-13-17-9-16-11-23-22(24-21(16)19(17)14-25)26-5-7-29-8-6-26/h3-4,10-11,17,19H,5-9,12-14H2,1-2H3/t17-,19+/m1/s1. The molecular weight excluding hydrogens is 368 g/mol. The summed E-state index contributed by atoms with van der Waals surface area (Å²) in [5.74, 6) is 3.70. The van der Waals surface area contributed by atoms with Crippen molar-refractivity contribution >= 4 is 5.95 Å². The Morgan fingerprint density at radius 3 is 2.79 bits per heavy atom. The number of methoxy groups -OCH3 is 2. The Hall–Kier alpha value is -2.38. The van der Waals surface area contributed by atoms with E-state index in [1.54, 1.807) is 14.2 Å². The topological polar surface area (TPSA) is 60.0 Å². The molecule has 154 valence electrons.